The van der Waals surface area contributed by atoms with Gasteiger partial charge in [0.05, 0.1) is 5.56 Å². The molecule has 3 N–H and O–H groups in total. The molecule has 0 atom stereocenters. The molecule has 0 aliphatic carbocycles. The Morgan fingerprint density at radius 3 is 3.06 bits per heavy atom. The lowest BCUT2D eigenvalue weighted by Gasteiger charge is -2.27. The summed E-state index contributed by atoms with van der Waals surface area (Å²) in [6.07, 6.45) is 2.75. The van der Waals surface area contributed by atoms with Crippen LogP contribution >= 0.6 is 12.2 Å². The monoisotopic (exact) mass is 262 g/mol. The van der Waals surface area contributed by atoms with Crippen molar-refractivity contribution in [1.29, 1.82) is 0 Å². The number of nitrogens with zero attached hydrogens (tertiary/aromatic N) is 1. The lowest BCUT2D eigenvalue weighted by atomic mass is 10.1. The van der Waals surface area contributed by atoms with Gasteiger partial charge in [-0.2, -0.15) is 0 Å². The normalized spacial score (nSPS) is 15.6. The molecule has 0 spiro atoms. The Morgan fingerprint density at radius 1 is 1.39 bits per heavy atom. The first-order chi connectivity index (χ1) is 8.72. The lowest BCUT2D eigenvalue weighted by Crippen LogP contribution is -2.35. The van der Waals surface area contributed by atoms with Crippen molar-refractivity contribution in [3.8, 4) is 0 Å². The third-order valence-electron chi connectivity index (χ3n) is 3.25. The molecule has 1 aliphatic rings. The van der Waals surface area contributed by atoms with Crippen LogP contribution in [0.5, 0.6) is 0 Å². The molecule has 3 heterocycles. The fraction of sp³-hybridized carbons (Fsp3) is 0.333. The van der Waals surface area contributed by atoms with Crippen molar-refractivity contribution >= 4 is 12.2 Å². The van der Waals surface area contributed by atoms with Gasteiger partial charge in [-0.15, -0.1) is 0 Å². The highest BCUT2D eigenvalue weighted by molar-refractivity contribution is 7.71. The van der Waals surface area contributed by atoms with E-state index in [1.807, 2.05) is 12.3 Å². The number of fused-ring (bicyclic) bond motifs is 1. The van der Waals surface area contributed by atoms with Gasteiger partial charge in [0.1, 0.15) is 0 Å². The molecule has 0 saturated carbocycles. The van der Waals surface area contributed by atoms with Crippen molar-refractivity contribution in [2.45, 2.75) is 19.5 Å². The van der Waals surface area contributed by atoms with E-state index in [0.29, 0.717) is 11.3 Å². The SMILES string of the molecule is O=c1[nH]c(=S)[nH]c2c1CN(Cc1ccc[nH]1)CC2. The van der Waals surface area contributed by atoms with Crippen molar-refractivity contribution in [3.05, 3.63) is 50.4 Å². The van der Waals surface area contributed by atoms with Gasteiger partial charge in [0, 0.05) is 43.6 Å². The highest BCUT2D eigenvalue weighted by Crippen LogP contribution is 2.15. The van der Waals surface area contributed by atoms with Crippen LogP contribution in [0.2, 0.25) is 0 Å². The quantitative estimate of drug-likeness (QED) is 0.715. The van der Waals surface area contributed by atoms with Gasteiger partial charge in [0.2, 0.25) is 0 Å². The number of hydrogen-bond acceptors (Lipinski definition) is 3. The summed E-state index contributed by atoms with van der Waals surface area (Å²) in [6, 6.07) is 4.04. The Balaban J connectivity index is 1.85. The molecule has 0 saturated heterocycles. The summed E-state index contributed by atoms with van der Waals surface area (Å²) in [4.78, 5) is 23.0. The third-order valence-corrected chi connectivity index (χ3v) is 3.45. The largest absolute Gasteiger partial charge is 0.364 e. The molecular weight excluding hydrogens is 248 g/mol. The Labute approximate surface area is 109 Å². The van der Waals surface area contributed by atoms with Gasteiger partial charge in [0.25, 0.3) is 5.56 Å². The molecule has 0 aromatic carbocycles. The second-order valence-corrected chi connectivity index (χ2v) is 4.93. The Kier molecular flexibility index (Phi) is 2.89. The van der Waals surface area contributed by atoms with Crippen LogP contribution in [0.4, 0.5) is 0 Å². The average Bonchev–Trinajstić information content (AvgIpc) is 2.83. The number of aromatic nitrogens is 3. The van der Waals surface area contributed by atoms with Crippen molar-refractivity contribution in [2.24, 2.45) is 0 Å². The number of nitrogens with one attached hydrogen (secondary N) is 3. The fourth-order valence-corrected chi connectivity index (χ4v) is 2.57. The predicted octanol–water partition coefficient (Wildman–Crippen LogP) is 1.32. The topological polar surface area (TPSA) is 67.7 Å². The molecule has 18 heavy (non-hydrogen) atoms. The molecule has 2 aromatic heterocycles. The van der Waals surface area contributed by atoms with Gasteiger partial charge in [-0.3, -0.25) is 14.7 Å². The predicted molar refractivity (Wildman–Crippen MR) is 70.9 cm³/mol. The number of H-pyrrole nitrogens is 3. The van der Waals surface area contributed by atoms with Crippen molar-refractivity contribution in [1.82, 2.24) is 19.9 Å². The second kappa shape index (κ2) is 4.55. The zero-order valence-electron chi connectivity index (χ0n) is 9.82. The summed E-state index contributed by atoms with van der Waals surface area (Å²) >= 11 is 4.98. The Hall–Kier alpha value is -1.66. The minimum atomic E-state index is -0.0649. The summed E-state index contributed by atoms with van der Waals surface area (Å²) in [7, 11) is 0. The van der Waals surface area contributed by atoms with E-state index in [-0.39, 0.29) is 5.56 Å². The highest BCUT2D eigenvalue weighted by atomic mass is 32.1. The Bertz CT molecular complexity index is 655. The Morgan fingerprint density at radius 2 is 2.28 bits per heavy atom. The van der Waals surface area contributed by atoms with Crippen LogP contribution in [-0.4, -0.2) is 26.4 Å². The van der Waals surface area contributed by atoms with Crippen LogP contribution in [0.1, 0.15) is 17.0 Å². The molecule has 6 heteroatoms. The van der Waals surface area contributed by atoms with Gasteiger partial charge in [0.15, 0.2) is 4.77 Å². The van der Waals surface area contributed by atoms with Crippen LogP contribution in [-0.2, 0) is 19.5 Å². The van der Waals surface area contributed by atoms with E-state index < -0.39 is 0 Å². The molecule has 0 fully saturated rings. The average molecular weight is 262 g/mol. The maximum atomic E-state index is 11.9. The molecule has 2 aromatic rings. The maximum absolute atomic E-state index is 11.9. The zero-order valence-corrected chi connectivity index (χ0v) is 10.6. The lowest BCUT2D eigenvalue weighted by molar-refractivity contribution is 0.239. The van der Waals surface area contributed by atoms with E-state index >= 15 is 0 Å². The van der Waals surface area contributed by atoms with Crippen LogP contribution < -0.4 is 5.56 Å². The first-order valence-electron chi connectivity index (χ1n) is 5.91. The molecule has 0 radical (unpaired) electrons. The van der Waals surface area contributed by atoms with Gasteiger partial charge >= 0.3 is 0 Å². The molecule has 0 amide bonds. The van der Waals surface area contributed by atoms with E-state index in [0.717, 1.165) is 30.8 Å². The van der Waals surface area contributed by atoms with E-state index in [9.17, 15) is 4.79 Å². The van der Waals surface area contributed by atoms with Crippen LogP contribution in [0.25, 0.3) is 0 Å². The third kappa shape index (κ3) is 2.16. The standard InChI is InChI=1S/C12H14N4OS/c17-11-9-7-16(6-8-2-1-4-13-8)5-3-10(9)14-12(18)15-11/h1-2,4,13H,3,5-7H2,(H2,14,15,17,18). The van der Waals surface area contributed by atoms with Crippen LogP contribution in [0, 0.1) is 4.77 Å². The number of rotatable bonds is 2. The number of hydrogen-bond donors (Lipinski definition) is 3. The summed E-state index contributed by atoms with van der Waals surface area (Å²) in [5.41, 5.74) is 2.89. The molecule has 1 aliphatic heterocycles. The van der Waals surface area contributed by atoms with Gasteiger partial charge < -0.3 is 9.97 Å². The summed E-state index contributed by atoms with van der Waals surface area (Å²) in [5, 5.41) is 0. The van der Waals surface area contributed by atoms with Crippen molar-refractivity contribution < 1.29 is 0 Å². The maximum Gasteiger partial charge on any atom is 0.256 e. The van der Waals surface area contributed by atoms with Crippen molar-refractivity contribution in [2.75, 3.05) is 6.54 Å². The minimum absolute atomic E-state index is 0.0649. The van der Waals surface area contributed by atoms with E-state index in [1.165, 1.54) is 5.69 Å². The molecule has 0 bridgehead atoms. The second-order valence-electron chi connectivity index (χ2n) is 4.52. The molecule has 0 unspecified atom stereocenters. The number of aromatic amines is 3. The van der Waals surface area contributed by atoms with E-state index in [2.05, 4.69) is 25.9 Å². The van der Waals surface area contributed by atoms with E-state index in [1.54, 1.807) is 0 Å². The van der Waals surface area contributed by atoms with Gasteiger partial charge in [-0.1, -0.05) is 0 Å². The summed E-state index contributed by atoms with van der Waals surface area (Å²) in [5.74, 6) is 0. The summed E-state index contributed by atoms with van der Waals surface area (Å²) < 4.78 is 0.413. The van der Waals surface area contributed by atoms with Gasteiger partial charge in [-0.25, -0.2) is 0 Å². The first kappa shape index (κ1) is 11.4. The van der Waals surface area contributed by atoms with Crippen LogP contribution in [0.15, 0.2) is 23.1 Å². The smallest absolute Gasteiger partial charge is 0.256 e. The van der Waals surface area contributed by atoms with Crippen LogP contribution in [0.3, 0.4) is 0 Å². The molecule has 94 valence electrons. The first-order valence-corrected chi connectivity index (χ1v) is 6.32. The zero-order chi connectivity index (χ0) is 12.5. The van der Waals surface area contributed by atoms with E-state index in [4.69, 9.17) is 12.2 Å². The molecule has 5 nitrogen and oxygen atoms in total. The minimum Gasteiger partial charge on any atom is -0.364 e. The van der Waals surface area contributed by atoms with Crippen molar-refractivity contribution in [3.63, 3.8) is 0 Å². The highest BCUT2D eigenvalue weighted by Gasteiger charge is 2.19. The molecule has 3 rings (SSSR count). The fourth-order valence-electron chi connectivity index (χ4n) is 2.35. The summed E-state index contributed by atoms with van der Waals surface area (Å²) in [6.45, 7) is 2.43. The molecular formula is C12H14N4OS. The van der Waals surface area contributed by atoms with Gasteiger partial charge in [-0.05, 0) is 24.4 Å².